The number of aliphatic carboxylic acids is 1. The minimum absolute atomic E-state index is 0.0198. The number of hydrogen-bond donors (Lipinski definition) is 1. The van der Waals surface area contributed by atoms with Crippen molar-refractivity contribution in [3.8, 4) is 0 Å². The molecular formula is C15H20ClNO3. The summed E-state index contributed by atoms with van der Waals surface area (Å²) in [4.78, 5) is 24.8. The third-order valence-corrected chi connectivity index (χ3v) is 3.33. The van der Waals surface area contributed by atoms with Gasteiger partial charge in [-0.1, -0.05) is 11.6 Å². The molecule has 0 fully saturated rings. The van der Waals surface area contributed by atoms with E-state index in [9.17, 15) is 9.59 Å². The van der Waals surface area contributed by atoms with Crippen LogP contribution in [0.15, 0.2) is 18.2 Å². The number of carbonyl (C=O) groups excluding carboxylic acids is 1. The third-order valence-electron chi connectivity index (χ3n) is 3.09. The zero-order chi connectivity index (χ0) is 15.3. The second kappa shape index (κ2) is 7.29. The van der Waals surface area contributed by atoms with Crippen molar-refractivity contribution in [3.05, 3.63) is 34.3 Å². The van der Waals surface area contributed by atoms with Crippen molar-refractivity contribution in [1.82, 2.24) is 4.90 Å². The molecule has 0 unspecified atom stereocenters. The monoisotopic (exact) mass is 297 g/mol. The van der Waals surface area contributed by atoms with Crippen molar-refractivity contribution in [2.75, 3.05) is 6.54 Å². The summed E-state index contributed by atoms with van der Waals surface area (Å²) in [5.41, 5.74) is 1.44. The Balaban J connectivity index is 2.85. The number of carboxylic acids is 1. The summed E-state index contributed by atoms with van der Waals surface area (Å²) in [6, 6.07) is 5.18. The molecule has 1 rings (SSSR count). The molecule has 1 amide bonds. The highest BCUT2D eigenvalue weighted by Crippen LogP contribution is 2.18. The first kappa shape index (κ1) is 16.5. The number of nitrogens with zero attached hydrogens (tertiary/aromatic N) is 1. The van der Waals surface area contributed by atoms with Crippen LogP contribution in [-0.4, -0.2) is 34.5 Å². The standard InChI is InChI=1S/C15H20ClNO3/c1-10(2)17(8-4-5-14(18)19)15(20)13-7-6-12(16)9-11(13)3/h6-7,9-10H,4-5,8H2,1-3H3,(H,18,19). The van der Waals surface area contributed by atoms with E-state index >= 15 is 0 Å². The summed E-state index contributed by atoms with van der Waals surface area (Å²) in [6.45, 7) is 6.12. The predicted octanol–water partition coefficient (Wildman–Crippen LogP) is 3.36. The Bertz CT molecular complexity index is 500. The molecule has 1 aromatic rings. The number of rotatable bonds is 6. The van der Waals surface area contributed by atoms with Crippen LogP contribution in [0.1, 0.15) is 42.6 Å². The van der Waals surface area contributed by atoms with Gasteiger partial charge in [0.25, 0.3) is 5.91 Å². The smallest absolute Gasteiger partial charge is 0.303 e. The molecule has 0 saturated heterocycles. The highest BCUT2D eigenvalue weighted by Gasteiger charge is 2.20. The number of amides is 1. The van der Waals surface area contributed by atoms with Gasteiger partial charge in [0.05, 0.1) is 0 Å². The van der Waals surface area contributed by atoms with Gasteiger partial charge >= 0.3 is 5.97 Å². The molecule has 1 N–H and O–H groups in total. The van der Waals surface area contributed by atoms with E-state index in [2.05, 4.69) is 0 Å². The fourth-order valence-electron chi connectivity index (χ4n) is 2.02. The van der Waals surface area contributed by atoms with E-state index in [1.165, 1.54) is 0 Å². The first-order valence-electron chi connectivity index (χ1n) is 6.62. The van der Waals surface area contributed by atoms with Gasteiger partial charge < -0.3 is 10.0 Å². The molecule has 0 atom stereocenters. The van der Waals surface area contributed by atoms with Crippen LogP contribution < -0.4 is 0 Å². The molecule has 110 valence electrons. The highest BCUT2D eigenvalue weighted by molar-refractivity contribution is 6.30. The van der Waals surface area contributed by atoms with E-state index in [0.717, 1.165) is 5.56 Å². The normalized spacial score (nSPS) is 10.7. The van der Waals surface area contributed by atoms with Crippen LogP contribution in [0.4, 0.5) is 0 Å². The lowest BCUT2D eigenvalue weighted by molar-refractivity contribution is -0.137. The Hall–Kier alpha value is -1.55. The first-order chi connectivity index (χ1) is 9.32. The maximum atomic E-state index is 12.5. The summed E-state index contributed by atoms with van der Waals surface area (Å²) >= 11 is 5.89. The Kier molecular flexibility index (Phi) is 6.02. The minimum atomic E-state index is -0.844. The van der Waals surface area contributed by atoms with Crippen LogP contribution >= 0.6 is 11.6 Å². The fourth-order valence-corrected chi connectivity index (χ4v) is 2.24. The van der Waals surface area contributed by atoms with Gasteiger partial charge in [-0.15, -0.1) is 0 Å². The number of hydrogen-bond acceptors (Lipinski definition) is 2. The molecule has 1 aromatic carbocycles. The van der Waals surface area contributed by atoms with Gasteiger partial charge in [0.2, 0.25) is 0 Å². The summed E-state index contributed by atoms with van der Waals surface area (Å²) in [6.07, 6.45) is 0.516. The molecule has 0 heterocycles. The number of halogens is 1. The molecule has 0 aliphatic rings. The molecule has 0 radical (unpaired) electrons. The molecule has 4 nitrogen and oxygen atoms in total. The largest absolute Gasteiger partial charge is 0.481 e. The van der Waals surface area contributed by atoms with Gasteiger partial charge in [0, 0.05) is 29.6 Å². The van der Waals surface area contributed by atoms with Gasteiger partial charge in [-0.05, 0) is 51.0 Å². The molecule has 20 heavy (non-hydrogen) atoms. The number of aryl methyl sites for hydroxylation is 1. The van der Waals surface area contributed by atoms with Crippen molar-refractivity contribution in [3.63, 3.8) is 0 Å². The van der Waals surface area contributed by atoms with Gasteiger partial charge in [-0.3, -0.25) is 9.59 Å². The van der Waals surface area contributed by atoms with Crippen LogP contribution in [0.5, 0.6) is 0 Å². The van der Waals surface area contributed by atoms with Crippen LogP contribution in [0.2, 0.25) is 5.02 Å². The lowest BCUT2D eigenvalue weighted by Crippen LogP contribution is -2.38. The lowest BCUT2D eigenvalue weighted by Gasteiger charge is -2.27. The molecule has 0 aliphatic heterocycles. The highest BCUT2D eigenvalue weighted by atomic mass is 35.5. The molecule has 0 bridgehead atoms. The maximum absolute atomic E-state index is 12.5. The summed E-state index contributed by atoms with van der Waals surface area (Å²) in [5, 5.41) is 9.28. The Morgan fingerprint density at radius 1 is 1.35 bits per heavy atom. The molecule has 0 aromatic heterocycles. The number of carbonyl (C=O) groups is 2. The zero-order valence-electron chi connectivity index (χ0n) is 12.0. The molecule has 0 saturated carbocycles. The second-order valence-electron chi connectivity index (χ2n) is 5.05. The summed E-state index contributed by atoms with van der Waals surface area (Å²) in [7, 11) is 0. The van der Waals surface area contributed by atoms with E-state index < -0.39 is 5.97 Å². The molecule has 0 aliphatic carbocycles. The second-order valence-corrected chi connectivity index (χ2v) is 5.49. The van der Waals surface area contributed by atoms with Crippen molar-refractivity contribution >= 4 is 23.5 Å². The van der Waals surface area contributed by atoms with E-state index in [-0.39, 0.29) is 18.4 Å². The summed E-state index contributed by atoms with van der Waals surface area (Å²) < 4.78 is 0. The topological polar surface area (TPSA) is 57.6 Å². The maximum Gasteiger partial charge on any atom is 0.303 e. The van der Waals surface area contributed by atoms with Crippen LogP contribution in [0.25, 0.3) is 0 Å². The first-order valence-corrected chi connectivity index (χ1v) is 6.99. The minimum Gasteiger partial charge on any atom is -0.481 e. The van der Waals surface area contributed by atoms with E-state index in [1.54, 1.807) is 23.1 Å². The molecular weight excluding hydrogens is 278 g/mol. The van der Waals surface area contributed by atoms with Crippen molar-refractivity contribution in [2.24, 2.45) is 0 Å². The van der Waals surface area contributed by atoms with Crippen LogP contribution in [0, 0.1) is 6.92 Å². The average Bonchev–Trinajstić information content (AvgIpc) is 2.33. The SMILES string of the molecule is Cc1cc(Cl)ccc1C(=O)N(CCCC(=O)O)C(C)C. The quantitative estimate of drug-likeness (QED) is 0.876. The Labute approximate surface area is 124 Å². The van der Waals surface area contributed by atoms with E-state index in [4.69, 9.17) is 16.7 Å². The Morgan fingerprint density at radius 3 is 2.50 bits per heavy atom. The summed E-state index contributed by atoms with van der Waals surface area (Å²) in [5.74, 6) is -0.927. The third kappa shape index (κ3) is 4.53. The number of benzene rings is 1. The van der Waals surface area contributed by atoms with E-state index in [1.807, 2.05) is 20.8 Å². The van der Waals surface area contributed by atoms with Gasteiger partial charge in [-0.2, -0.15) is 0 Å². The van der Waals surface area contributed by atoms with Gasteiger partial charge in [-0.25, -0.2) is 0 Å². The van der Waals surface area contributed by atoms with Crippen molar-refractivity contribution in [1.29, 1.82) is 0 Å². The molecule has 5 heteroatoms. The van der Waals surface area contributed by atoms with Crippen LogP contribution in [0.3, 0.4) is 0 Å². The predicted molar refractivity (Wildman–Crippen MR) is 79.2 cm³/mol. The van der Waals surface area contributed by atoms with Gasteiger partial charge in [0.1, 0.15) is 0 Å². The number of carboxylic acid groups (broad SMARTS) is 1. The Morgan fingerprint density at radius 2 is 2.00 bits per heavy atom. The fraction of sp³-hybridized carbons (Fsp3) is 0.467. The lowest BCUT2D eigenvalue weighted by atomic mass is 10.1. The molecule has 0 spiro atoms. The van der Waals surface area contributed by atoms with Crippen molar-refractivity contribution < 1.29 is 14.7 Å². The van der Waals surface area contributed by atoms with Crippen LogP contribution in [-0.2, 0) is 4.79 Å². The van der Waals surface area contributed by atoms with Gasteiger partial charge in [0.15, 0.2) is 0 Å². The van der Waals surface area contributed by atoms with Crippen molar-refractivity contribution in [2.45, 2.75) is 39.7 Å². The zero-order valence-corrected chi connectivity index (χ0v) is 12.8. The van der Waals surface area contributed by atoms with E-state index in [0.29, 0.717) is 23.6 Å². The average molecular weight is 298 g/mol.